The van der Waals surface area contributed by atoms with Gasteiger partial charge in [0.15, 0.2) is 11.6 Å². The maximum absolute atomic E-state index is 13.4. The van der Waals surface area contributed by atoms with Crippen LogP contribution in [0.4, 0.5) is 10.1 Å². The number of ether oxygens (including phenoxy) is 2. The number of hydrogen-bond acceptors (Lipinski definition) is 3. The van der Waals surface area contributed by atoms with Crippen molar-refractivity contribution in [1.82, 2.24) is 0 Å². The normalized spacial score (nSPS) is 23.7. The molecule has 0 radical (unpaired) electrons. The molecule has 1 saturated heterocycles. The second kappa shape index (κ2) is 5.36. The van der Waals surface area contributed by atoms with Gasteiger partial charge in [-0.2, -0.15) is 0 Å². The number of halogens is 1. The Hall–Kier alpha value is -1.29. The summed E-state index contributed by atoms with van der Waals surface area (Å²) >= 11 is 0. The molecule has 2 unspecified atom stereocenters. The van der Waals surface area contributed by atoms with Crippen LogP contribution in [0.5, 0.6) is 5.75 Å². The van der Waals surface area contributed by atoms with Gasteiger partial charge in [-0.3, -0.25) is 0 Å². The van der Waals surface area contributed by atoms with Gasteiger partial charge in [-0.05, 0) is 31.9 Å². The van der Waals surface area contributed by atoms with Crippen LogP contribution in [-0.2, 0) is 4.74 Å². The SMILES string of the molecule is COc1ccc(NCC2CCC(C)O2)cc1F. The van der Waals surface area contributed by atoms with Crippen molar-refractivity contribution in [2.45, 2.75) is 32.0 Å². The number of nitrogens with one attached hydrogen (secondary N) is 1. The van der Waals surface area contributed by atoms with Gasteiger partial charge in [0.05, 0.1) is 19.3 Å². The third-order valence-electron chi connectivity index (χ3n) is 3.01. The van der Waals surface area contributed by atoms with Gasteiger partial charge in [-0.1, -0.05) is 0 Å². The fourth-order valence-electron chi connectivity index (χ4n) is 2.04. The molecule has 1 fully saturated rings. The zero-order valence-corrected chi connectivity index (χ0v) is 10.2. The molecule has 4 heteroatoms. The third-order valence-corrected chi connectivity index (χ3v) is 3.01. The summed E-state index contributed by atoms with van der Waals surface area (Å²) in [7, 11) is 1.46. The molecule has 94 valence electrons. The lowest BCUT2D eigenvalue weighted by Crippen LogP contribution is -2.19. The van der Waals surface area contributed by atoms with Crippen molar-refractivity contribution in [1.29, 1.82) is 0 Å². The molecule has 1 N–H and O–H groups in total. The Morgan fingerprint density at radius 1 is 1.47 bits per heavy atom. The Bertz CT molecular complexity index is 384. The molecule has 0 spiro atoms. The van der Waals surface area contributed by atoms with Crippen LogP contribution in [0.3, 0.4) is 0 Å². The number of hydrogen-bond donors (Lipinski definition) is 1. The Balaban J connectivity index is 1.88. The fourth-order valence-corrected chi connectivity index (χ4v) is 2.04. The first kappa shape index (κ1) is 12.2. The highest BCUT2D eigenvalue weighted by Crippen LogP contribution is 2.22. The van der Waals surface area contributed by atoms with Gasteiger partial charge in [-0.15, -0.1) is 0 Å². The van der Waals surface area contributed by atoms with E-state index in [1.165, 1.54) is 13.2 Å². The molecule has 2 atom stereocenters. The molecule has 17 heavy (non-hydrogen) atoms. The monoisotopic (exact) mass is 239 g/mol. The first-order valence-corrected chi connectivity index (χ1v) is 5.92. The van der Waals surface area contributed by atoms with E-state index in [1.807, 2.05) is 0 Å². The molecule has 0 aliphatic carbocycles. The fraction of sp³-hybridized carbons (Fsp3) is 0.538. The van der Waals surface area contributed by atoms with Crippen molar-refractivity contribution in [3.63, 3.8) is 0 Å². The Morgan fingerprint density at radius 2 is 2.29 bits per heavy atom. The van der Waals surface area contributed by atoms with Gasteiger partial charge in [-0.25, -0.2) is 4.39 Å². The lowest BCUT2D eigenvalue weighted by molar-refractivity contribution is 0.0637. The van der Waals surface area contributed by atoms with Crippen LogP contribution >= 0.6 is 0 Å². The summed E-state index contributed by atoms with van der Waals surface area (Å²) in [5, 5.41) is 3.18. The summed E-state index contributed by atoms with van der Waals surface area (Å²) in [4.78, 5) is 0. The van der Waals surface area contributed by atoms with E-state index in [-0.39, 0.29) is 17.7 Å². The maximum Gasteiger partial charge on any atom is 0.167 e. The van der Waals surface area contributed by atoms with E-state index in [0.29, 0.717) is 6.10 Å². The number of methoxy groups -OCH3 is 1. The van der Waals surface area contributed by atoms with Crippen molar-refractivity contribution < 1.29 is 13.9 Å². The van der Waals surface area contributed by atoms with Gasteiger partial charge in [0.25, 0.3) is 0 Å². The summed E-state index contributed by atoms with van der Waals surface area (Å²) < 4.78 is 24.0. The van der Waals surface area contributed by atoms with E-state index in [0.717, 1.165) is 25.1 Å². The van der Waals surface area contributed by atoms with Gasteiger partial charge in [0.1, 0.15) is 0 Å². The smallest absolute Gasteiger partial charge is 0.167 e. The van der Waals surface area contributed by atoms with E-state index in [4.69, 9.17) is 9.47 Å². The van der Waals surface area contributed by atoms with Crippen molar-refractivity contribution >= 4 is 5.69 Å². The molecule has 3 nitrogen and oxygen atoms in total. The standard InChI is InChI=1S/C13H18FNO2/c1-9-3-5-11(17-9)8-15-10-4-6-13(16-2)12(14)7-10/h4,6-7,9,11,15H,3,5,8H2,1-2H3. The van der Waals surface area contributed by atoms with Crippen LogP contribution in [0.15, 0.2) is 18.2 Å². The van der Waals surface area contributed by atoms with E-state index < -0.39 is 0 Å². The average Bonchev–Trinajstić information content (AvgIpc) is 2.73. The molecule has 0 saturated carbocycles. The molecule has 0 aromatic heterocycles. The first-order chi connectivity index (χ1) is 8.19. The van der Waals surface area contributed by atoms with Gasteiger partial charge in [0.2, 0.25) is 0 Å². The second-order valence-electron chi connectivity index (χ2n) is 4.38. The molecule has 1 aliphatic heterocycles. The molecular formula is C13H18FNO2. The first-order valence-electron chi connectivity index (χ1n) is 5.92. The van der Waals surface area contributed by atoms with Crippen molar-refractivity contribution in [2.75, 3.05) is 19.0 Å². The summed E-state index contributed by atoms with van der Waals surface area (Å²) in [6.45, 7) is 2.79. The predicted octanol–water partition coefficient (Wildman–Crippen LogP) is 2.81. The molecule has 0 bridgehead atoms. The van der Waals surface area contributed by atoms with E-state index in [1.54, 1.807) is 12.1 Å². The maximum atomic E-state index is 13.4. The Kier molecular flexibility index (Phi) is 3.84. The van der Waals surface area contributed by atoms with E-state index in [2.05, 4.69) is 12.2 Å². The van der Waals surface area contributed by atoms with Gasteiger partial charge in [0, 0.05) is 18.3 Å². The van der Waals surface area contributed by atoms with Crippen LogP contribution in [0.25, 0.3) is 0 Å². The van der Waals surface area contributed by atoms with Crippen LogP contribution in [-0.4, -0.2) is 25.9 Å². The Morgan fingerprint density at radius 3 is 2.88 bits per heavy atom. The number of rotatable bonds is 4. The second-order valence-corrected chi connectivity index (χ2v) is 4.38. The van der Waals surface area contributed by atoms with Crippen LogP contribution in [0.1, 0.15) is 19.8 Å². The zero-order chi connectivity index (χ0) is 12.3. The van der Waals surface area contributed by atoms with Crippen LogP contribution in [0.2, 0.25) is 0 Å². The molecule has 1 heterocycles. The molecule has 1 aromatic rings. The average molecular weight is 239 g/mol. The van der Waals surface area contributed by atoms with Crippen LogP contribution < -0.4 is 10.1 Å². The highest BCUT2D eigenvalue weighted by atomic mass is 19.1. The summed E-state index contributed by atoms with van der Waals surface area (Å²) in [6.07, 6.45) is 2.74. The molecule has 1 aliphatic rings. The topological polar surface area (TPSA) is 30.5 Å². The third kappa shape index (κ3) is 3.09. The van der Waals surface area contributed by atoms with E-state index >= 15 is 0 Å². The van der Waals surface area contributed by atoms with Gasteiger partial charge < -0.3 is 14.8 Å². The predicted molar refractivity (Wildman–Crippen MR) is 65.0 cm³/mol. The lowest BCUT2D eigenvalue weighted by atomic mass is 10.2. The van der Waals surface area contributed by atoms with Crippen molar-refractivity contribution in [2.24, 2.45) is 0 Å². The molecular weight excluding hydrogens is 221 g/mol. The highest BCUT2D eigenvalue weighted by molar-refractivity contribution is 5.47. The molecule has 0 amide bonds. The Labute approximate surface area is 101 Å². The summed E-state index contributed by atoms with van der Waals surface area (Å²) in [6, 6.07) is 4.87. The largest absolute Gasteiger partial charge is 0.494 e. The molecule has 2 rings (SSSR count). The number of anilines is 1. The van der Waals surface area contributed by atoms with Crippen LogP contribution in [0, 0.1) is 5.82 Å². The minimum absolute atomic E-state index is 0.232. The highest BCUT2D eigenvalue weighted by Gasteiger charge is 2.21. The quantitative estimate of drug-likeness (QED) is 0.876. The lowest BCUT2D eigenvalue weighted by Gasteiger charge is -2.13. The number of benzene rings is 1. The van der Waals surface area contributed by atoms with Crippen molar-refractivity contribution in [3.05, 3.63) is 24.0 Å². The zero-order valence-electron chi connectivity index (χ0n) is 10.2. The molecule has 1 aromatic carbocycles. The summed E-state index contributed by atoms with van der Waals surface area (Å²) in [5.41, 5.74) is 0.756. The van der Waals surface area contributed by atoms with Gasteiger partial charge >= 0.3 is 0 Å². The minimum Gasteiger partial charge on any atom is -0.494 e. The minimum atomic E-state index is -0.349. The van der Waals surface area contributed by atoms with Crippen molar-refractivity contribution in [3.8, 4) is 5.75 Å². The van der Waals surface area contributed by atoms with E-state index in [9.17, 15) is 4.39 Å². The summed E-state index contributed by atoms with van der Waals surface area (Å²) in [5.74, 6) is -0.0838.